The van der Waals surface area contributed by atoms with Gasteiger partial charge >= 0.3 is 0 Å². The molecule has 1 rings (SSSR count). The second kappa shape index (κ2) is 5.16. The molecule has 1 nitrogen and oxygen atoms in total. The Kier molecular flexibility index (Phi) is 4.15. The molecule has 0 bridgehead atoms. The lowest BCUT2D eigenvalue weighted by Gasteiger charge is -2.22. The fourth-order valence-electron chi connectivity index (χ4n) is 1.87. The zero-order valence-corrected chi connectivity index (χ0v) is 9.33. The molecular formula is C13H20O. The molecule has 78 valence electrons. The molecule has 0 heterocycles. The van der Waals surface area contributed by atoms with Crippen LogP contribution in [-0.4, -0.2) is 11.7 Å². The van der Waals surface area contributed by atoms with Gasteiger partial charge in [0.1, 0.15) is 0 Å². The van der Waals surface area contributed by atoms with Crippen LogP contribution in [0.2, 0.25) is 0 Å². The van der Waals surface area contributed by atoms with Gasteiger partial charge in [0.25, 0.3) is 0 Å². The molecule has 0 aromatic heterocycles. The van der Waals surface area contributed by atoms with Crippen LogP contribution in [0.5, 0.6) is 0 Å². The Morgan fingerprint density at radius 2 is 1.93 bits per heavy atom. The molecule has 0 aliphatic rings. The van der Waals surface area contributed by atoms with Crippen molar-refractivity contribution in [3.8, 4) is 0 Å². The minimum absolute atomic E-state index is 0.250. The Balaban J connectivity index is 2.94. The normalized spacial score (nSPS) is 15.1. The van der Waals surface area contributed by atoms with Crippen molar-refractivity contribution < 1.29 is 5.11 Å². The summed E-state index contributed by atoms with van der Waals surface area (Å²) in [5.74, 6) is 0.835. The molecule has 1 heteroatoms. The maximum Gasteiger partial charge on any atom is 0.0502 e. The van der Waals surface area contributed by atoms with E-state index in [1.54, 1.807) is 0 Å². The van der Waals surface area contributed by atoms with Crippen molar-refractivity contribution >= 4 is 0 Å². The summed E-state index contributed by atoms with van der Waals surface area (Å²) >= 11 is 0. The van der Waals surface area contributed by atoms with Crippen molar-refractivity contribution in [2.75, 3.05) is 6.61 Å². The van der Waals surface area contributed by atoms with Crippen LogP contribution in [0.3, 0.4) is 0 Å². The topological polar surface area (TPSA) is 20.2 Å². The lowest BCUT2D eigenvalue weighted by Crippen LogP contribution is -2.14. The van der Waals surface area contributed by atoms with Gasteiger partial charge in [-0.2, -0.15) is 0 Å². The molecule has 1 aromatic carbocycles. The van der Waals surface area contributed by atoms with Gasteiger partial charge in [0.05, 0.1) is 6.61 Å². The van der Waals surface area contributed by atoms with E-state index in [0.717, 1.165) is 6.42 Å². The largest absolute Gasteiger partial charge is 0.396 e. The summed E-state index contributed by atoms with van der Waals surface area (Å²) in [6.45, 7) is 6.74. The monoisotopic (exact) mass is 192 g/mol. The number of rotatable bonds is 4. The first kappa shape index (κ1) is 11.3. The molecule has 0 saturated heterocycles. The minimum atomic E-state index is 0.250. The van der Waals surface area contributed by atoms with E-state index in [0.29, 0.717) is 11.8 Å². The van der Waals surface area contributed by atoms with Gasteiger partial charge in [0, 0.05) is 5.92 Å². The van der Waals surface area contributed by atoms with Crippen molar-refractivity contribution in [2.45, 2.75) is 33.1 Å². The summed E-state index contributed by atoms with van der Waals surface area (Å²) in [6, 6.07) is 8.33. The molecule has 2 atom stereocenters. The summed E-state index contributed by atoms with van der Waals surface area (Å²) in [7, 11) is 0. The van der Waals surface area contributed by atoms with Gasteiger partial charge in [-0.1, -0.05) is 44.5 Å². The molecule has 1 N–H and O–H groups in total. The Labute approximate surface area is 86.8 Å². The van der Waals surface area contributed by atoms with E-state index in [1.807, 2.05) is 12.1 Å². The van der Waals surface area contributed by atoms with Crippen LogP contribution in [0, 0.1) is 12.8 Å². The summed E-state index contributed by atoms with van der Waals surface area (Å²) in [6.07, 6.45) is 1.11. The predicted octanol–water partition coefficient (Wildman–Crippen LogP) is 3.12. The van der Waals surface area contributed by atoms with Crippen molar-refractivity contribution in [1.82, 2.24) is 0 Å². The third kappa shape index (κ3) is 2.36. The lowest BCUT2D eigenvalue weighted by atomic mass is 9.84. The van der Waals surface area contributed by atoms with Crippen LogP contribution >= 0.6 is 0 Å². The Morgan fingerprint density at radius 3 is 2.43 bits per heavy atom. The average Bonchev–Trinajstić information content (AvgIpc) is 2.21. The highest BCUT2D eigenvalue weighted by Gasteiger charge is 2.18. The fourth-order valence-corrected chi connectivity index (χ4v) is 1.87. The van der Waals surface area contributed by atoms with Crippen molar-refractivity contribution in [1.29, 1.82) is 0 Å². The van der Waals surface area contributed by atoms with Gasteiger partial charge in [-0.3, -0.25) is 0 Å². The van der Waals surface area contributed by atoms with Crippen LogP contribution in [0.1, 0.15) is 37.3 Å². The fraction of sp³-hybridized carbons (Fsp3) is 0.538. The quantitative estimate of drug-likeness (QED) is 0.777. The zero-order chi connectivity index (χ0) is 10.6. The predicted molar refractivity (Wildman–Crippen MR) is 60.5 cm³/mol. The first-order chi connectivity index (χ1) is 6.70. The smallest absolute Gasteiger partial charge is 0.0502 e. The zero-order valence-electron chi connectivity index (χ0n) is 9.33. The second-order valence-electron chi connectivity index (χ2n) is 4.03. The lowest BCUT2D eigenvalue weighted by molar-refractivity contribution is 0.228. The van der Waals surface area contributed by atoms with E-state index in [1.165, 1.54) is 11.1 Å². The molecular weight excluding hydrogens is 172 g/mol. The average molecular weight is 192 g/mol. The van der Waals surface area contributed by atoms with Crippen molar-refractivity contribution in [3.05, 3.63) is 35.4 Å². The minimum Gasteiger partial charge on any atom is -0.396 e. The standard InChI is InChI=1S/C13H20O/c1-4-10(2)13(9-14)12-8-6-5-7-11(12)3/h5-8,10,13-14H,4,9H2,1-3H3. The molecule has 0 aliphatic heterocycles. The van der Waals surface area contributed by atoms with Crippen molar-refractivity contribution in [2.24, 2.45) is 5.92 Å². The molecule has 0 fully saturated rings. The van der Waals surface area contributed by atoms with Gasteiger partial charge in [-0.15, -0.1) is 0 Å². The van der Waals surface area contributed by atoms with Crippen LogP contribution in [0.25, 0.3) is 0 Å². The van der Waals surface area contributed by atoms with E-state index >= 15 is 0 Å². The van der Waals surface area contributed by atoms with Gasteiger partial charge in [-0.05, 0) is 24.0 Å². The SMILES string of the molecule is CCC(C)C(CO)c1ccccc1C. The Bertz CT molecular complexity index is 280. The summed E-state index contributed by atoms with van der Waals surface area (Å²) in [5.41, 5.74) is 2.58. The van der Waals surface area contributed by atoms with Gasteiger partial charge in [0.15, 0.2) is 0 Å². The van der Waals surface area contributed by atoms with E-state index in [2.05, 4.69) is 32.9 Å². The summed E-state index contributed by atoms with van der Waals surface area (Å²) < 4.78 is 0. The molecule has 0 saturated carbocycles. The van der Waals surface area contributed by atoms with Gasteiger partial charge in [-0.25, -0.2) is 0 Å². The number of aryl methyl sites for hydroxylation is 1. The summed E-state index contributed by atoms with van der Waals surface area (Å²) in [5, 5.41) is 9.41. The van der Waals surface area contributed by atoms with E-state index in [-0.39, 0.29) is 6.61 Å². The maximum atomic E-state index is 9.41. The van der Waals surface area contributed by atoms with E-state index < -0.39 is 0 Å². The Morgan fingerprint density at radius 1 is 1.29 bits per heavy atom. The van der Waals surface area contributed by atoms with Crippen LogP contribution in [0.15, 0.2) is 24.3 Å². The molecule has 2 unspecified atom stereocenters. The Hall–Kier alpha value is -0.820. The van der Waals surface area contributed by atoms with Crippen molar-refractivity contribution in [3.63, 3.8) is 0 Å². The first-order valence-electron chi connectivity index (χ1n) is 5.37. The number of aliphatic hydroxyl groups excluding tert-OH is 1. The molecule has 0 radical (unpaired) electrons. The number of benzene rings is 1. The highest BCUT2D eigenvalue weighted by molar-refractivity contribution is 5.29. The van der Waals surface area contributed by atoms with E-state index in [4.69, 9.17) is 0 Å². The second-order valence-corrected chi connectivity index (χ2v) is 4.03. The highest BCUT2D eigenvalue weighted by Crippen LogP contribution is 2.28. The molecule has 1 aromatic rings. The van der Waals surface area contributed by atoms with Crippen LogP contribution in [0.4, 0.5) is 0 Å². The summed E-state index contributed by atoms with van der Waals surface area (Å²) in [4.78, 5) is 0. The third-order valence-corrected chi connectivity index (χ3v) is 3.12. The van der Waals surface area contributed by atoms with E-state index in [9.17, 15) is 5.11 Å². The highest BCUT2D eigenvalue weighted by atomic mass is 16.3. The van der Waals surface area contributed by atoms with Gasteiger partial charge in [0.2, 0.25) is 0 Å². The molecule has 14 heavy (non-hydrogen) atoms. The molecule has 0 aliphatic carbocycles. The van der Waals surface area contributed by atoms with Gasteiger partial charge < -0.3 is 5.11 Å². The third-order valence-electron chi connectivity index (χ3n) is 3.12. The first-order valence-corrected chi connectivity index (χ1v) is 5.37. The van der Waals surface area contributed by atoms with Crippen LogP contribution in [-0.2, 0) is 0 Å². The number of hydrogen-bond donors (Lipinski definition) is 1. The van der Waals surface area contributed by atoms with Crippen LogP contribution < -0.4 is 0 Å². The number of hydrogen-bond acceptors (Lipinski definition) is 1. The maximum absolute atomic E-state index is 9.41. The number of aliphatic hydroxyl groups is 1. The molecule has 0 amide bonds. The molecule has 0 spiro atoms.